The summed E-state index contributed by atoms with van der Waals surface area (Å²) in [6, 6.07) is 75.4. The molecule has 64 heavy (non-hydrogen) atoms. The van der Waals surface area contributed by atoms with Crippen LogP contribution in [-0.2, 0) is 5.41 Å². The van der Waals surface area contributed by atoms with Crippen molar-refractivity contribution < 1.29 is 4.74 Å². The quantitative estimate of drug-likeness (QED) is 0.177. The molecule has 0 saturated carbocycles. The average Bonchev–Trinajstić information content (AvgIpc) is 3.88. The molecular formula is C58H35N5O. The Balaban J connectivity index is 1.06. The molecule has 0 amide bonds. The Bertz CT molecular complexity index is 3870. The second-order valence-electron chi connectivity index (χ2n) is 16.7. The van der Waals surface area contributed by atoms with E-state index in [1.165, 1.54) is 38.6 Å². The molecule has 14 rings (SSSR count). The molecule has 2 aliphatic rings. The molecule has 3 aromatic heterocycles. The number of hydrogen-bond acceptors (Lipinski definition) is 4. The highest BCUT2D eigenvalue weighted by molar-refractivity contribution is 6.13. The Morgan fingerprint density at radius 3 is 1.66 bits per heavy atom. The maximum atomic E-state index is 7.12. The van der Waals surface area contributed by atoms with Crippen LogP contribution in [0.2, 0.25) is 0 Å². The van der Waals surface area contributed by atoms with Gasteiger partial charge in [-0.3, -0.25) is 4.57 Å². The van der Waals surface area contributed by atoms with Crippen LogP contribution in [0.3, 0.4) is 0 Å². The van der Waals surface area contributed by atoms with Gasteiger partial charge in [0.1, 0.15) is 11.5 Å². The maximum absolute atomic E-state index is 7.12. The standard InChI is InChI=1S/C58H35N5O/c1-3-16-36(17-4-1)37-30-32-39(33-31-37)56-59-55(38-18-5-2-6-19-38)60-57(61-56)63-49-27-12-8-21-41(49)43-34-47-53(35-51(43)63)64-52-29-14-10-24-45(52)58(47)44-23-9-13-28-50(44)62-48-26-11-7-20-40(48)42-22-15-25-46(58)54(42)62/h1-35H. The van der Waals surface area contributed by atoms with E-state index in [1.54, 1.807) is 0 Å². The molecule has 6 heteroatoms. The SMILES string of the molecule is c1ccc(-c2ccc(-c3nc(-c4ccccc4)nc(-n4c5ccccc5c5cc6c(cc54)Oc4ccccc4C64c5ccccc5-n5c6ccccc6c6cccc4c65)n3)cc2)cc1. The number of rotatable bonds is 4. The molecule has 0 N–H and O–H groups in total. The predicted molar refractivity (Wildman–Crippen MR) is 257 cm³/mol. The highest BCUT2D eigenvalue weighted by atomic mass is 16.5. The van der Waals surface area contributed by atoms with Crippen LogP contribution in [-0.4, -0.2) is 24.1 Å². The third-order valence-electron chi connectivity index (χ3n) is 13.4. The Labute approximate surface area is 368 Å². The Kier molecular flexibility index (Phi) is 7.22. The third kappa shape index (κ3) is 4.76. The summed E-state index contributed by atoms with van der Waals surface area (Å²) in [5, 5.41) is 4.66. The van der Waals surface area contributed by atoms with Crippen LogP contribution in [0, 0.1) is 0 Å². The topological polar surface area (TPSA) is 57.8 Å². The summed E-state index contributed by atoms with van der Waals surface area (Å²) in [5.74, 6) is 3.36. The van der Waals surface area contributed by atoms with Gasteiger partial charge in [-0.1, -0.05) is 176 Å². The van der Waals surface area contributed by atoms with Crippen LogP contribution in [0.4, 0.5) is 0 Å². The summed E-state index contributed by atoms with van der Waals surface area (Å²) in [5.41, 5.74) is 13.6. The molecule has 1 atom stereocenters. The van der Waals surface area contributed by atoms with Gasteiger partial charge < -0.3 is 9.30 Å². The van der Waals surface area contributed by atoms with Crippen LogP contribution in [0.1, 0.15) is 22.3 Å². The van der Waals surface area contributed by atoms with Crippen molar-refractivity contribution in [2.75, 3.05) is 0 Å². The minimum Gasteiger partial charge on any atom is -0.457 e. The molecule has 1 spiro atoms. The van der Waals surface area contributed by atoms with E-state index in [1.807, 2.05) is 24.3 Å². The smallest absolute Gasteiger partial charge is 0.238 e. The molecule has 298 valence electrons. The van der Waals surface area contributed by atoms with Crippen molar-refractivity contribution in [1.29, 1.82) is 0 Å². The van der Waals surface area contributed by atoms with E-state index in [9.17, 15) is 0 Å². The molecule has 0 radical (unpaired) electrons. The van der Waals surface area contributed by atoms with E-state index in [0.717, 1.165) is 66.7 Å². The first-order valence-corrected chi connectivity index (χ1v) is 21.7. The maximum Gasteiger partial charge on any atom is 0.238 e. The number of ether oxygens (including phenoxy) is 1. The minimum atomic E-state index is -0.700. The summed E-state index contributed by atoms with van der Waals surface area (Å²) < 4.78 is 11.8. The molecule has 0 bridgehead atoms. The summed E-state index contributed by atoms with van der Waals surface area (Å²) in [6.45, 7) is 0. The first-order valence-electron chi connectivity index (χ1n) is 21.7. The van der Waals surface area contributed by atoms with E-state index in [4.69, 9.17) is 19.7 Å². The van der Waals surface area contributed by atoms with Gasteiger partial charge in [-0.15, -0.1) is 0 Å². The molecule has 2 aliphatic heterocycles. The molecule has 5 heterocycles. The molecule has 12 aromatic rings. The van der Waals surface area contributed by atoms with Crippen molar-refractivity contribution >= 4 is 43.6 Å². The number of aromatic nitrogens is 5. The fourth-order valence-electron chi connectivity index (χ4n) is 10.8. The lowest BCUT2D eigenvalue weighted by Crippen LogP contribution is -2.37. The van der Waals surface area contributed by atoms with E-state index < -0.39 is 5.41 Å². The van der Waals surface area contributed by atoms with Gasteiger partial charge in [0.2, 0.25) is 5.95 Å². The van der Waals surface area contributed by atoms with Crippen LogP contribution < -0.4 is 4.74 Å². The lowest BCUT2D eigenvalue weighted by Gasteiger charge is -2.45. The molecule has 6 nitrogen and oxygen atoms in total. The number of benzene rings is 9. The van der Waals surface area contributed by atoms with Gasteiger partial charge in [0, 0.05) is 49.9 Å². The van der Waals surface area contributed by atoms with Gasteiger partial charge in [-0.2, -0.15) is 9.97 Å². The predicted octanol–water partition coefficient (Wildman–Crippen LogP) is 13.9. The summed E-state index contributed by atoms with van der Waals surface area (Å²) in [7, 11) is 0. The number of nitrogens with zero attached hydrogens (tertiary/aromatic N) is 5. The van der Waals surface area contributed by atoms with Gasteiger partial charge in [-0.05, 0) is 52.6 Å². The van der Waals surface area contributed by atoms with Crippen LogP contribution in [0.5, 0.6) is 11.5 Å². The summed E-state index contributed by atoms with van der Waals surface area (Å²) >= 11 is 0. The molecular weight excluding hydrogens is 783 g/mol. The second-order valence-corrected chi connectivity index (χ2v) is 16.7. The molecule has 0 fully saturated rings. The fraction of sp³-hybridized carbons (Fsp3) is 0.0172. The van der Waals surface area contributed by atoms with E-state index in [-0.39, 0.29) is 0 Å². The fourth-order valence-corrected chi connectivity index (χ4v) is 10.8. The summed E-state index contributed by atoms with van der Waals surface area (Å²) in [6.07, 6.45) is 0. The van der Waals surface area contributed by atoms with Crippen molar-refractivity contribution in [2.45, 2.75) is 5.41 Å². The Morgan fingerprint density at radius 1 is 0.344 bits per heavy atom. The van der Waals surface area contributed by atoms with E-state index in [0.29, 0.717) is 17.6 Å². The van der Waals surface area contributed by atoms with E-state index >= 15 is 0 Å². The number of hydrogen-bond donors (Lipinski definition) is 0. The monoisotopic (exact) mass is 817 g/mol. The van der Waals surface area contributed by atoms with Crippen LogP contribution in [0.25, 0.3) is 89.2 Å². The van der Waals surface area contributed by atoms with Gasteiger partial charge in [0.05, 0.1) is 33.2 Å². The lowest BCUT2D eigenvalue weighted by atomic mass is 9.61. The van der Waals surface area contributed by atoms with Gasteiger partial charge in [0.15, 0.2) is 11.6 Å². The van der Waals surface area contributed by atoms with Crippen molar-refractivity contribution in [3.05, 3.63) is 235 Å². The molecule has 1 unspecified atom stereocenters. The molecule has 9 aromatic carbocycles. The highest BCUT2D eigenvalue weighted by Crippen LogP contribution is 2.61. The zero-order valence-corrected chi connectivity index (χ0v) is 34.4. The minimum absolute atomic E-state index is 0.533. The highest BCUT2D eigenvalue weighted by Gasteiger charge is 2.50. The average molecular weight is 818 g/mol. The largest absolute Gasteiger partial charge is 0.457 e. The van der Waals surface area contributed by atoms with Crippen molar-refractivity contribution in [1.82, 2.24) is 24.1 Å². The van der Waals surface area contributed by atoms with Crippen molar-refractivity contribution in [2.24, 2.45) is 0 Å². The third-order valence-corrected chi connectivity index (χ3v) is 13.4. The first kappa shape index (κ1) is 35.0. The molecule has 0 saturated heterocycles. The Morgan fingerprint density at radius 2 is 0.891 bits per heavy atom. The molecule has 0 aliphatic carbocycles. The zero-order valence-electron chi connectivity index (χ0n) is 34.4. The van der Waals surface area contributed by atoms with Gasteiger partial charge >= 0.3 is 0 Å². The first-order chi connectivity index (χ1) is 31.7. The van der Waals surface area contributed by atoms with Gasteiger partial charge in [-0.25, -0.2) is 4.98 Å². The normalized spacial score (nSPS) is 14.8. The van der Waals surface area contributed by atoms with Crippen LogP contribution in [0.15, 0.2) is 212 Å². The van der Waals surface area contributed by atoms with Crippen molar-refractivity contribution in [3.8, 4) is 57.0 Å². The van der Waals surface area contributed by atoms with Crippen molar-refractivity contribution in [3.63, 3.8) is 0 Å². The number of para-hydroxylation sites is 5. The van der Waals surface area contributed by atoms with Crippen LogP contribution >= 0.6 is 0 Å². The zero-order chi connectivity index (χ0) is 41.9. The van der Waals surface area contributed by atoms with Gasteiger partial charge in [0.25, 0.3) is 0 Å². The van der Waals surface area contributed by atoms with E-state index in [2.05, 4.69) is 197 Å². The Hall–Kier alpha value is -8.61. The lowest BCUT2D eigenvalue weighted by molar-refractivity contribution is 0.434. The summed E-state index contributed by atoms with van der Waals surface area (Å²) in [4.78, 5) is 15.7. The number of fused-ring (bicyclic) bond motifs is 14. The second kappa shape index (κ2) is 13.2.